The number of benzene rings is 1. The number of rotatable bonds is 7. The Kier molecular flexibility index (Phi) is 5.04. The fraction of sp³-hybridized carbons (Fsp3) is 0.600. The first kappa shape index (κ1) is 13.9. The predicted molar refractivity (Wildman–Crippen MR) is 78.1 cm³/mol. The van der Waals surface area contributed by atoms with Crippen molar-refractivity contribution >= 4 is 11.6 Å². The van der Waals surface area contributed by atoms with E-state index in [4.69, 9.17) is 11.6 Å². The van der Waals surface area contributed by atoms with Crippen LogP contribution in [-0.4, -0.2) is 32.1 Å². The van der Waals surface area contributed by atoms with E-state index in [9.17, 15) is 0 Å². The zero-order chi connectivity index (χ0) is 13.0. The van der Waals surface area contributed by atoms with E-state index in [2.05, 4.69) is 29.4 Å². The molecule has 0 spiro atoms. The fourth-order valence-electron chi connectivity index (χ4n) is 2.35. The third kappa shape index (κ3) is 4.27. The summed E-state index contributed by atoms with van der Waals surface area (Å²) in [5.41, 5.74) is 1.32. The normalized spacial score (nSPS) is 17.1. The van der Waals surface area contributed by atoms with Gasteiger partial charge in [0.15, 0.2) is 0 Å². The standard InChI is InChI=1S/C15H23ClN2/c1-17-15(13-5-7-14(16)8-6-13)9-10-18(2)11-12-3-4-12/h5-8,12,15,17H,3-4,9-11H2,1-2H3. The molecule has 0 saturated heterocycles. The number of halogens is 1. The Morgan fingerprint density at radius 1 is 1.33 bits per heavy atom. The molecule has 1 saturated carbocycles. The highest BCUT2D eigenvalue weighted by atomic mass is 35.5. The third-order valence-electron chi connectivity index (χ3n) is 3.69. The van der Waals surface area contributed by atoms with Crippen LogP contribution in [0, 0.1) is 5.92 Å². The van der Waals surface area contributed by atoms with Crippen LogP contribution < -0.4 is 5.32 Å². The minimum Gasteiger partial charge on any atom is -0.313 e. The summed E-state index contributed by atoms with van der Waals surface area (Å²) in [5.74, 6) is 0.971. The summed E-state index contributed by atoms with van der Waals surface area (Å²) in [7, 11) is 4.26. The highest BCUT2D eigenvalue weighted by Crippen LogP contribution is 2.29. The minimum atomic E-state index is 0.420. The van der Waals surface area contributed by atoms with E-state index >= 15 is 0 Å². The molecule has 2 rings (SSSR count). The zero-order valence-corrected chi connectivity index (χ0v) is 12.1. The van der Waals surface area contributed by atoms with E-state index in [0.29, 0.717) is 6.04 Å². The predicted octanol–water partition coefficient (Wildman–Crippen LogP) is 3.33. The second-order valence-electron chi connectivity index (χ2n) is 5.39. The molecule has 18 heavy (non-hydrogen) atoms. The van der Waals surface area contributed by atoms with Crippen molar-refractivity contribution in [2.75, 3.05) is 27.2 Å². The molecular formula is C15H23ClN2. The number of hydrogen-bond donors (Lipinski definition) is 1. The number of nitrogens with zero attached hydrogens (tertiary/aromatic N) is 1. The summed E-state index contributed by atoms with van der Waals surface area (Å²) in [6.07, 6.45) is 4.00. The first-order valence-corrected chi connectivity index (χ1v) is 7.18. The van der Waals surface area contributed by atoms with Crippen LogP contribution in [0.5, 0.6) is 0 Å². The maximum atomic E-state index is 5.92. The molecule has 2 nitrogen and oxygen atoms in total. The van der Waals surface area contributed by atoms with Crippen molar-refractivity contribution < 1.29 is 0 Å². The lowest BCUT2D eigenvalue weighted by molar-refractivity contribution is 0.299. The van der Waals surface area contributed by atoms with Crippen molar-refractivity contribution in [1.82, 2.24) is 10.2 Å². The molecule has 1 atom stereocenters. The first-order chi connectivity index (χ1) is 8.69. The van der Waals surface area contributed by atoms with Crippen molar-refractivity contribution in [3.8, 4) is 0 Å². The number of hydrogen-bond acceptors (Lipinski definition) is 2. The van der Waals surface area contributed by atoms with Crippen LogP contribution in [-0.2, 0) is 0 Å². The third-order valence-corrected chi connectivity index (χ3v) is 3.94. The summed E-state index contributed by atoms with van der Waals surface area (Å²) >= 11 is 5.92. The van der Waals surface area contributed by atoms with Crippen molar-refractivity contribution in [3.05, 3.63) is 34.9 Å². The summed E-state index contributed by atoms with van der Waals surface area (Å²) in [6.45, 7) is 2.40. The van der Waals surface area contributed by atoms with Crippen molar-refractivity contribution in [3.63, 3.8) is 0 Å². The SMILES string of the molecule is CNC(CCN(C)CC1CC1)c1ccc(Cl)cc1. The van der Waals surface area contributed by atoms with Gasteiger partial charge in [0.25, 0.3) is 0 Å². The summed E-state index contributed by atoms with van der Waals surface area (Å²) in [4.78, 5) is 2.46. The molecule has 0 bridgehead atoms. The van der Waals surface area contributed by atoms with Crippen LogP contribution in [0.2, 0.25) is 5.02 Å². The van der Waals surface area contributed by atoms with Gasteiger partial charge in [0.05, 0.1) is 0 Å². The maximum absolute atomic E-state index is 5.92. The molecule has 1 N–H and O–H groups in total. The molecule has 1 unspecified atom stereocenters. The van der Waals surface area contributed by atoms with Crippen molar-refractivity contribution in [1.29, 1.82) is 0 Å². The van der Waals surface area contributed by atoms with Gasteiger partial charge in [0.2, 0.25) is 0 Å². The highest BCUT2D eigenvalue weighted by molar-refractivity contribution is 6.30. The Hall–Kier alpha value is -0.570. The summed E-state index contributed by atoms with van der Waals surface area (Å²) in [5, 5.41) is 4.20. The molecule has 100 valence electrons. The largest absolute Gasteiger partial charge is 0.313 e. The average Bonchev–Trinajstić information content (AvgIpc) is 3.16. The smallest absolute Gasteiger partial charge is 0.0406 e. The second kappa shape index (κ2) is 6.55. The Labute approximate surface area is 115 Å². The molecule has 3 heteroatoms. The van der Waals surface area contributed by atoms with E-state index in [1.165, 1.54) is 24.9 Å². The monoisotopic (exact) mass is 266 g/mol. The lowest BCUT2D eigenvalue weighted by atomic mass is 10.0. The van der Waals surface area contributed by atoms with E-state index in [-0.39, 0.29) is 0 Å². The summed E-state index contributed by atoms with van der Waals surface area (Å²) in [6, 6.07) is 8.59. The molecular weight excluding hydrogens is 244 g/mol. The van der Waals surface area contributed by atoms with Gasteiger partial charge in [-0.3, -0.25) is 0 Å². The van der Waals surface area contributed by atoms with Gasteiger partial charge < -0.3 is 10.2 Å². The Morgan fingerprint density at radius 3 is 2.56 bits per heavy atom. The molecule has 0 amide bonds. The van der Waals surface area contributed by atoms with Crippen LogP contribution in [0.15, 0.2) is 24.3 Å². The van der Waals surface area contributed by atoms with E-state index in [0.717, 1.165) is 23.9 Å². The van der Waals surface area contributed by atoms with Crippen LogP contribution in [0.25, 0.3) is 0 Å². The van der Waals surface area contributed by atoms with Crippen LogP contribution in [0.3, 0.4) is 0 Å². The van der Waals surface area contributed by atoms with Gasteiger partial charge in [-0.2, -0.15) is 0 Å². The van der Waals surface area contributed by atoms with Gasteiger partial charge >= 0.3 is 0 Å². The lowest BCUT2D eigenvalue weighted by Crippen LogP contribution is -2.27. The molecule has 1 aromatic carbocycles. The van der Waals surface area contributed by atoms with Gasteiger partial charge in [0, 0.05) is 17.6 Å². The molecule has 0 radical (unpaired) electrons. The molecule has 0 aliphatic heterocycles. The molecule has 0 heterocycles. The lowest BCUT2D eigenvalue weighted by Gasteiger charge is -2.21. The molecule has 1 fully saturated rings. The second-order valence-corrected chi connectivity index (χ2v) is 5.82. The van der Waals surface area contributed by atoms with Crippen LogP contribution >= 0.6 is 11.6 Å². The Morgan fingerprint density at radius 2 is 2.00 bits per heavy atom. The van der Waals surface area contributed by atoms with Gasteiger partial charge in [-0.15, -0.1) is 0 Å². The minimum absolute atomic E-state index is 0.420. The highest BCUT2D eigenvalue weighted by Gasteiger charge is 2.22. The average molecular weight is 267 g/mol. The summed E-state index contributed by atoms with van der Waals surface area (Å²) < 4.78 is 0. The molecule has 1 aromatic rings. The molecule has 0 aromatic heterocycles. The van der Waals surface area contributed by atoms with Gasteiger partial charge in [-0.25, -0.2) is 0 Å². The fourth-order valence-corrected chi connectivity index (χ4v) is 2.48. The Balaban J connectivity index is 1.82. The van der Waals surface area contributed by atoms with Crippen LogP contribution in [0.1, 0.15) is 30.9 Å². The van der Waals surface area contributed by atoms with E-state index in [1.807, 2.05) is 19.2 Å². The van der Waals surface area contributed by atoms with Gasteiger partial charge in [-0.1, -0.05) is 23.7 Å². The van der Waals surface area contributed by atoms with Gasteiger partial charge in [-0.05, 0) is 63.5 Å². The first-order valence-electron chi connectivity index (χ1n) is 6.80. The Bertz CT molecular complexity index is 359. The zero-order valence-electron chi connectivity index (χ0n) is 11.3. The van der Waals surface area contributed by atoms with Crippen LogP contribution in [0.4, 0.5) is 0 Å². The number of nitrogens with one attached hydrogen (secondary N) is 1. The van der Waals surface area contributed by atoms with Crippen molar-refractivity contribution in [2.24, 2.45) is 5.92 Å². The van der Waals surface area contributed by atoms with Crippen molar-refractivity contribution in [2.45, 2.75) is 25.3 Å². The van der Waals surface area contributed by atoms with Gasteiger partial charge in [0.1, 0.15) is 0 Å². The van der Waals surface area contributed by atoms with E-state index < -0.39 is 0 Å². The molecule has 1 aliphatic rings. The molecule has 1 aliphatic carbocycles. The topological polar surface area (TPSA) is 15.3 Å². The quantitative estimate of drug-likeness (QED) is 0.814. The van der Waals surface area contributed by atoms with E-state index in [1.54, 1.807) is 0 Å². The maximum Gasteiger partial charge on any atom is 0.0406 e.